The van der Waals surface area contributed by atoms with E-state index in [4.69, 9.17) is 4.74 Å². The predicted octanol–water partition coefficient (Wildman–Crippen LogP) is 1.10. The van der Waals surface area contributed by atoms with Gasteiger partial charge < -0.3 is 19.5 Å². The lowest BCUT2D eigenvalue weighted by Gasteiger charge is -2.35. The molecule has 1 aromatic heterocycles. The molecule has 3 heterocycles. The largest absolute Gasteiger partial charge is 0.379 e. The number of fused-ring (bicyclic) bond motifs is 1. The molecule has 0 bridgehead atoms. The zero-order valence-electron chi connectivity index (χ0n) is 16.2. The van der Waals surface area contributed by atoms with E-state index in [2.05, 4.69) is 9.88 Å². The van der Waals surface area contributed by atoms with Gasteiger partial charge in [-0.3, -0.25) is 14.5 Å². The van der Waals surface area contributed by atoms with E-state index in [0.717, 1.165) is 49.3 Å². The van der Waals surface area contributed by atoms with E-state index in [9.17, 15) is 9.59 Å². The highest BCUT2D eigenvalue weighted by atomic mass is 16.5. The highest BCUT2D eigenvalue weighted by Gasteiger charge is 2.25. The molecule has 0 atom stereocenters. The van der Waals surface area contributed by atoms with Crippen LogP contribution in [0.4, 0.5) is 0 Å². The lowest BCUT2D eigenvalue weighted by molar-refractivity contribution is -0.139. The first kappa shape index (κ1) is 19.0. The zero-order valence-corrected chi connectivity index (χ0v) is 16.2. The molecule has 1 aromatic carbocycles. The summed E-state index contributed by atoms with van der Waals surface area (Å²) >= 11 is 0. The Morgan fingerprint density at radius 1 is 0.929 bits per heavy atom. The second-order valence-corrected chi connectivity index (χ2v) is 7.50. The minimum atomic E-state index is 0.130. The minimum absolute atomic E-state index is 0.130. The van der Waals surface area contributed by atoms with Crippen molar-refractivity contribution in [1.82, 2.24) is 19.7 Å². The number of carbonyl (C=O) groups excluding carboxylic acids is 2. The van der Waals surface area contributed by atoms with Crippen molar-refractivity contribution in [2.45, 2.75) is 12.8 Å². The van der Waals surface area contributed by atoms with E-state index >= 15 is 0 Å². The predicted molar refractivity (Wildman–Crippen MR) is 107 cm³/mol. The molecule has 2 aliphatic rings. The number of para-hydroxylation sites is 1. The molecule has 2 fully saturated rings. The molecule has 4 rings (SSSR count). The Morgan fingerprint density at radius 3 is 2.36 bits per heavy atom. The van der Waals surface area contributed by atoms with Gasteiger partial charge in [0, 0.05) is 69.3 Å². The van der Waals surface area contributed by atoms with E-state index in [-0.39, 0.29) is 11.8 Å². The van der Waals surface area contributed by atoms with Crippen molar-refractivity contribution < 1.29 is 14.3 Å². The number of aromatic nitrogens is 1. The van der Waals surface area contributed by atoms with Crippen LogP contribution in [0.15, 0.2) is 30.5 Å². The standard InChI is InChI=1S/C21H28N4O3/c26-20(5-6-23-11-13-28-14-12-23)24-7-9-25(10-8-24)21(27)15-17-16-22-19-4-2-1-3-18(17)19/h1-4,16,22H,5-15H2. The first-order valence-electron chi connectivity index (χ1n) is 10.1. The summed E-state index contributed by atoms with van der Waals surface area (Å²) in [6, 6.07) is 8.04. The van der Waals surface area contributed by atoms with Crippen molar-refractivity contribution in [3.05, 3.63) is 36.0 Å². The number of benzene rings is 1. The van der Waals surface area contributed by atoms with Crippen LogP contribution < -0.4 is 0 Å². The van der Waals surface area contributed by atoms with Gasteiger partial charge in [0.05, 0.1) is 19.6 Å². The highest BCUT2D eigenvalue weighted by Crippen LogP contribution is 2.19. The van der Waals surface area contributed by atoms with Crippen LogP contribution in [0, 0.1) is 0 Å². The number of piperazine rings is 1. The smallest absolute Gasteiger partial charge is 0.227 e. The molecule has 150 valence electrons. The Hall–Kier alpha value is -2.38. The van der Waals surface area contributed by atoms with Crippen LogP contribution in [0.1, 0.15) is 12.0 Å². The van der Waals surface area contributed by atoms with Gasteiger partial charge in [-0.15, -0.1) is 0 Å². The summed E-state index contributed by atoms with van der Waals surface area (Å²) in [5, 5.41) is 1.10. The van der Waals surface area contributed by atoms with Crippen molar-refractivity contribution in [2.24, 2.45) is 0 Å². The Bertz CT molecular complexity index is 820. The Morgan fingerprint density at radius 2 is 1.61 bits per heavy atom. The van der Waals surface area contributed by atoms with Gasteiger partial charge in [0.1, 0.15) is 0 Å². The van der Waals surface area contributed by atoms with Gasteiger partial charge in [0.15, 0.2) is 0 Å². The third-order valence-corrected chi connectivity index (χ3v) is 5.75. The van der Waals surface area contributed by atoms with Gasteiger partial charge in [0.25, 0.3) is 0 Å². The molecule has 0 unspecified atom stereocenters. The van der Waals surface area contributed by atoms with Crippen LogP contribution in [0.3, 0.4) is 0 Å². The van der Waals surface area contributed by atoms with Crippen LogP contribution >= 0.6 is 0 Å². The lowest BCUT2D eigenvalue weighted by Crippen LogP contribution is -2.51. The summed E-state index contributed by atoms with van der Waals surface area (Å²) in [6.07, 6.45) is 2.87. The van der Waals surface area contributed by atoms with Gasteiger partial charge in [-0.05, 0) is 11.6 Å². The molecule has 0 spiro atoms. The summed E-state index contributed by atoms with van der Waals surface area (Å²) < 4.78 is 5.34. The quantitative estimate of drug-likeness (QED) is 0.838. The van der Waals surface area contributed by atoms with E-state index in [0.29, 0.717) is 39.0 Å². The number of amides is 2. The molecular weight excluding hydrogens is 356 g/mol. The van der Waals surface area contributed by atoms with Gasteiger partial charge in [-0.2, -0.15) is 0 Å². The van der Waals surface area contributed by atoms with Gasteiger partial charge in [-0.25, -0.2) is 0 Å². The molecule has 2 saturated heterocycles. The maximum absolute atomic E-state index is 12.7. The van der Waals surface area contributed by atoms with Crippen molar-refractivity contribution in [2.75, 3.05) is 59.0 Å². The highest BCUT2D eigenvalue weighted by molar-refractivity contribution is 5.89. The monoisotopic (exact) mass is 384 g/mol. The maximum Gasteiger partial charge on any atom is 0.227 e. The molecular formula is C21H28N4O3. The number of H-pyrrole nitrogens is 1. The maximum atomic E-state index is 12.7. The Balaban J connectivity index is 1.24. The zero-order chi connectivity index (χ0) is 19.3. The third-order valence-electron chi connectivity index (χ3n) is 5.75. The number of aromatic amines is 1. The van der Waals surface area contributed by atoms with Crippen molar-refractivity contribution >= 4 is 22.7 Å². The average molecular weight is 384 g/mol. The molecule has 28 heavy (non-hydrogen) atoms. The van der Waals surface area contributed by atoms with Crippen molar-refractivity contribution in [3.8, 4) is 0 Å². The molecule has 7 nitrogen and oxygen atoms in total. The van der Waals surface area contributed by atoms with Gasteiger partial charge in [0.2, 0.25) is 11.8 Å². The topological polar surface area (TPSA) is 68.9 Å². The van der Waals surface area contributed by atoms with E-state index in [1.165, 1.54) is 0 Å². The fourth-order valence-corrected chi connectivity index (χ4v) is 3.99. The van der Waals surface area contributed by atoms with Crippen LogP contribution in [0.25, 0.3) is 10.9 Å². The van der Waals surface area contributed by atoms with Crippen molar-refractivity contribution in [3.63, 3.8) is 0 Å². The molecule has 7 heteroatoms. The Labute approximate surface area is 165 Å². The Kier molecular flexibility index (Phi) is 5.92. The molecule has 0 saturated carbocycles. The van der Waals surface area contributed by atoms with Crippen molar-refractivity contribution in [1.29, 1.82) is 0 Å². The molecule has 0 radical (unpaired) electrons. The van der Waals surface area contributed by atoms with Crippen LogP contribution in [-0.2, 0) is 20.7 Å². The molecule has 2 amide bonds. The number of carbonyl (C=O) groups is 2. The number of nitrogens with one attached hydrogen (secondary N) is 1. The summed E-state index contributed by atoms with van der Waals surface area (Å²) in [5.41, 5.74) is 2.09. The number of rotatable bonds is 5. The summed E-state index contributed by atoms with van der Waals surface area (Å²) in [7, 11) is 0. The van der Waals surface area contributed by atoms with Gasteiger partial charge in [-0.1, -0.05) is 18.2 Å². The number of hydrogen-bond acceptors (Lipinski definition) is 4. The van der Waals surface area contributed by atoms with Crippen LogP contribution in [0.5, 0.6) is 0 Å². The first-order chi connectivity index (χ1) is 13.7. The number of hydrogen-bond donors (Lipinski definition) is 1. The lowest BCUT2D eigenvalue weighted by atomic mass is 10.1. The SMILES string of the molecule is O=C(CCN1CCOCC1)N1CCN(C(=O)Cc2c[nH]c3ccccc23)CC1. The molecule has 1 N–H and O–H groups in total. The average Bonchev–Trinajstić information content (AvgIpc) is 3.16. The number of nitrogens with zero attached hydrogens (tertiary/aromatic N) is 3. The molecule has 2 aliphatic heterocycles. The van der Waals surface area contributed by atoms with E-state index < -0.39 is 0 Å². The normalized spacial score (nSPS) is 18.6. The van der Waals surface area contributed by atoms with Crippen LogP contribution in [-0.4, -0.2) is 90.5 Å². The summed E-state index contributed by atoms with van der Waals surface area (Å²) in [4.78, 5) is 34.5. The minimum Gasteiger partial charge on any atom is -0.379 e. The van der Waals surface area contributed by atoms with Gasteiger partial charge >= 0.3 is 0 Å². The second-order valence-electron chi connectivity index (χ2n) is 7.50. The fourth-order valence-electron chi connectivity index (χ4n) is 3.99. The van der Waals surface area contributed by atoms with E-state index in [1.807, 2.05) is 40.3 Å². The third kappa shape index (κ3) is 4.36. The second kappa shape index (κ2) is 8.75. The fraction of sp³-hybridized carbons (Fsp3) is 0.524. The van der Waals surface area contributed by atoms with Crippen LogP contribution in [0.2, 0.25) is 0 Å². The number of ether oxygens (including phenoxy) is 1. The van der Waals surface area contributed by atoms with E-state index in [1.54, 1.807) is 0 Å². The molecule has 2 aromatic rings. The molecule has 0 aliphatic carbocycles. The summed E-state index contributed by atoms with van der Waals surface area (Å²) in [5.74, 6) is 0.320. The number of morpholine rings is 1. The first-order valence-corrected chi connectivity index (χ1v) is 10.1. The summed E-state index contributed by atoms with van der Waals surface area (Å²) in [6.45, 7) is 6.60.